The SMILES string of the molecule is O=C(COc1ccc(Br)cc1)NCCc1ccc(Cl)cc1. The molecule has 0 aromatic heterocycles. The van der Waals surface area contributed by atoms with Crippen LogP contribution in [0.5, 0.6) is 5.75 Å². The number of benzene rings is 2. The van der Waals surface area contributed by atoms with Gasteiger partial charge >= 0.3 is 0 Å². The standard InChI is InChI=1S/C16H15BrClNO2/c17-13-3-7-15(8-4-13)21-11-16(20)19-10-9-12-1-5-14(18)6-2-12/h1-8H,9-11H2,(H,19,20). The second kappa shape index (κ2) is 8.05. The Balaban J connectivity index is 1.67. The third-order valence-corrected chi connectivity index (χ3v) is 3.61. The average Bonchev–Trinajstić information content (AvgIpc) is 2.49. The van der Waals surface area contributed by atoms with Crippen LogP contribution in [0.25, 0.3) is 0 Å². The molecule has 2 rings (SSSR count). The van der Waals surface area contributed by atoms with Crippen LogP contribution in [0.3, 0.4) is 0 Å². The Hall–Kier alpha value is -1.52. The van der Waals surface area contributed by atoms with Crippen molar-refractivity contribution in [3.05, 3.63) is 63.6 Å². The van der Waals surface area contributed by atoms with Crippen molar-refractivity contribution < 1.29 is 9.53 Å². The molecule has 1 amide bonds. The van der Waals surface area contributed by atoms with Crippen LogP contribution >= 0.6 is 27.5 Å². The molecule has 0 aliphatic heterocycles. The summed E-state index contributed by atoms with van der Waals surface area (Å²) in [4.78, 5) is 11.7. The number of amides is 1. The third kappa shape index (κ3) is 5.78. The van der Waals surface area contributed by atoms with Gasteiger partial charge in [0.2, 0.25) is 0 Å². The van der Waals surface area contributed by atoms with Gasteiger partial charge in [0.15, 0.2) is 6.61 Å². The Labute approximate surface area is 137 Å². The predicted octanol–water partition coefficient (Wildman–Crippen LogP) is 3.84. The largest absolute Gasteiger partial charge is 0.484 e. The van der Waals surface area contributed by atoms with Gasteiger partial charge in [-0.2, -0.15) is 0 Å². The lowest BCUT2D eigenvalue weighted by atomic mass is 10.1. The molecule has 0 spiro atoms. The highest BCUT2D eigenvalue weighted by Gasteiger charge is 2.02. The Morgan fingerprint density at radius 3 is 2.43 bits per heavy atom. The van der Waals surface area contributed by atoms with Gasteiger partial charge in [-0.3, -0.25) is 4.79 Å². The molecule has 0 saturated carbocycles. The first kappa shape index (κ1) is 15.9. The van der Waals surface area contributed by atoms with E-state index in [-0.39, 0.29) is 12.5 Å². The summed E-state index contributed by atoms with van der Waals surface area (Å²) in [7, 11) is 0. The minimum atomic E-state index is -0.133. The van der Waals surface area contributed by atoms with E-state index in [0.29, 0.717) is 17.3 Å². The summed E-state index contributed by atoms with van der Waals surface area (Å²) in [5.41, 5.74) is 1.13. The molecule has 0 aliphatic rings. The molecule has 0 bridgehead atoms. The first-order valence-corrected chi connectivity index (χ1v) is 7.70. The van der Waals surface area contributed by atoms with Gasteiger partial charge in [0, 0.05) is 16.0 Å². The van der Waals surface area contributed by atoms with Crippen LogP contribution in [0.4, 0.5) is 0 Å². The molecule has 0 heterocycles. The summed E-state index contributed by atoms with van der Waals surface area (Å²) < 4.78 is 6.37. The van der Waals surface area contributed by atoms with Crippen LogP contribution in [0.15, 0.2) is 53.0 Å². The summed E-state index contributed by atoms with van der Waals surface area (Å²) in [5, 5.41) is 3.53. The monoisotopic (exact) mass is 367 g/mol. The molecule has 0 fully saturated rings. The Morgan fingerprint density at radius 1 is 1.10 bits per heavy atom. The highest BCUT2D eigenvalue weighted by Crippen LogP contribution is 2.15. The molecule has 5 heteroatoms. The molecule has 2 aromatic rings. The maximum Gasteiger partial charge on any atom is 0.257 e. The summed E-state index contributed by atoms with van der Waals surface area (Å²) in [5.74, 6) is 0.540. The van der Waals surface area contributed by atoms with Crippen LogP contribution in [0.2, 0.25) is 5.02 Å². The van der Waals surface area contributed by atoms with Crippen molar-refractivity contribution in [2.24, 2.45) is 0 Å². The Bertz CT molecular complexity index is 584. The van der Waals surface area contributed by atoms with Gasteiger partial charge in [-0.25, -0.2) is 0 Å². The number of hydrogen-bond donors (Lipinski definition) is 1. The van der Waals surface area contributed by atoms with Gasteiger partial charge < -0.3 is 10.1 Å². The lowest BCUT2D eigenvalue weighted by Gasteiger charge is -2.07. The van der Waals surface area contributed by atoms with Gasteiger partial charge in [0.1, 0.15) is 5.75 Å². The fourth-order valence-corrected chi connectivity index (χ4v) is 2.12. The molecule has 0 atom stereocenters. The lowest BCUT2D eigenvalue weighted by Crippen LogP contribution is -2.30. The van der Waals surface area contributed by atoms with Crippen LogP contribution in [0.1, 0.15) is 5.56 Å². The fourth-order valence-electron chi connectivity index (χ4n) is 1.73. The van der Waals surface area contributed by atoms with Crippen molar-refractivity contribution in [1.29, 1.82) is 0 Å². The van der Waals surface area contributed by atoms with Crippen molar-refractivity contribution in [2.75, 3.05) is 13.2 Å². The summed E-state index contributed by atoms with van der Waals surface area (Å²) in [6.07, 6.45) is 0.765. The van der Waals surface area contributed by atoms with Crippen molar-refractivity contribution in [3.8, 4) is 5.75 Å². The van der Waals surface area contributed by atoms with E-state index in [1.54, 1.807) is 0 Å². The zero-order chi connectivity index (χ0) is 15.1. The number of carbonyl (C=O) groups is 1. The zero-order valence-corrected chi connectivity index (χ0v) is 13.7. The maximum atomic E-state index is 11.7. The van der Waals surface area contributed by atoms with E-state index in [1.807, 2.05) is 48.5 Å². The molecule has 3 nitrogen and oxygen atoms in total. The van der Waals surface area contributed by atoms with Gasteiger partial charge in [0.05, 0.1) is 0 Å². The number of ether oxygens (including phenoxy) is 1. The highest BCUT2D eigenvalue weighted by molar-refractivity contribution is 9.10. The molecular formula is C16H15BrClNO2. The molecular weight excluding hydrogens is 354 g/mol. The minimum Gasteiger partial charge on any atom is -0.484 e. The second-order valence-electron chi connectivity index (χ2n) is 4.47. The summed E-state index contributed by atoms with van der Waals surface area (Å²) in [6, 6.07) is 14.9. The molecule has 0 aliphatic carbocycles. The third-order valence-electron chi connectivity index (χ3n) is 2.83. The molecule has 1 N–H and O–H groups in total. The normalized spacial score (nSPS) is 10.2. The van der Waals surface area contributed by atoms with Gasteiger partial charge in [-0.1, -0.05) is 39.7 Å². The molecule has 0 unspecified atom stereocenters. The highest BCUT2D eigenvalue weighted by atomic mass is 79.9. The van der Waals surface area contributed by atoms with E-state index in [2.05, 4.69) is 21.2 Å². The summed E-state index contributed by atoms with van der Waals surface area (Å²) in [6.45, 7) is 0.590. The van der Waals surface area contributed by atoms with Gasteiger partial charge in [-0.15, -0.1) is 0 Å². The smallest absolute Gasteiger partial charge is 0.257 e. The van der Waals surface area contributed by atoms with Crippen molar-refractivity contribution in [2.45, 2.75) is 6.42 Å². The lowest BCUT2D eigenvalue weighted by molar-refractivity contribution is -0.123. The van der Waals surface area contributed by atoms with Crippen LogP contribution in [-0.2, 0) is 11.2 Å². The molecule has 21 heavy (non-hydrogen) atoms. The topological polar surface area (TPSA) is 38.3 Å². The van der Waals surface area contributed by atoms with E-state index < -0.39 is 0 Å². The van der Waals surface area contributed by atoms with Crippen molar-refractivity contribution >= 4 is 33.4 Å². The van der Waals surface area contributed by atoms with Crippen molar-refractivity contribution in [3.63, 3.8) is 0 Å². The van der Waals surface area contributed by atoms with E-state index in [0.717, 1.165) is 16.5 Å². The predicted molar refractivity (Wildman–Crippen MR) is 87.8 cm³/mol. The number of rotatable bonds is 6. The van der Waals surface area contributed by atoms with E-state index in [1.165, 1.54) is 0 Å². The van der Waals surface area contributed by atoms with Crippen molar-refractivity contribution in [1.82, 2.24) is 5.32 Å². The van der Waals surface area contributed by atoms with Crippen LogP contribution in [-0.4, -0.2) is 19.1 Å². The second-order valence-corrected chi connectivity index (χ2v) is 5.82. The van der Waals surface area contributed by atoms with Gasteiger partial charge in [-0.05, 0) is 48.4 Å². The Kier molecular flexibility index (Phi) is 6.08. The first-order chi connectivity index (χ1) is 10.1. The fraction of sp³-hybridized carbons (Fsp3) is 0.188. The molecule has 110 valence electrons. The first-order valence-electron chi connectivity index (χ1n) is 6.53. The maximum absolute atomic E-state index is 11.7. The molecule has 2 aromatic carbocycles. The van der Waals surface area contributed by atoms with Crippen LogP contribution < -0.4 is 10.1 Å². The summed E-state index contributed by atoms with van der Waals surface area (Å²) >= 11 is 9.16. The number of hydrogen-bond acceptors (Lipinski definition) is 2. The Morgan fingerprint density at radius 2 is 1.76 bits per heavy atom. The minimum absolute atomic E-state index is 0.0161. The van der Waals surface area contributed by atoms with Crippen LogP contribution in [0, 0.1) is 0 Å². The molecule has 0 saturated heterocycles. The number of nitrogens with one attached hydrogen (secondary N) is 1. The zero-order valence-electron chi connectivity index (χ0n) is 11.3. The van der Waals surface area contributed by atoms with E-state index in [9.17, 15) is 4.79 Å². The van der Waals surface area contributed by atoms with Gasteiger partial charge in [0.25, 0.3) is 5.91 Å². The number of halogens is 2. The number of carbonyl (C=O) groups excluding carboxylic acids is 1. The van der Waals surface area contributed by atoms with E-state index in [4.69, 9.17) is 16.3 Å². The average molecular weight is 369 g/mol. The molecule has 0 radical (unpaired) electrons. The van der Waals surface area contributed by atoms with E-state index >= 15 is 0 Å². The quantitative estimate of drug-likeness (QED) is 0.841.